The number of nitro groups is 1. The molecule has 3 rings (SSSR count). The number of nitro benzene ring substituents is 1. The molecule has 0 N–H and O–H groups in total. The van der Waals surface area contributed by atoms with Crippen LogP contribution < -0.4 is 0 Å². The van der Waals surface area contributed by atoms with E-state index in [1.807, 2.05) is 42.2 Å². The Bertz CT molecular complexity index is 757. The summed E-state index contributed by atoms with van der Waals surface area (Å²) >= 11 is 0. The van der Waals surface area contributed by atoms with E-state index < -0.39 is 0 Å². The molecule has 2 heterocycles. The largest absolute Gasteiger partial charge is 0.336 e. The number of benzene rings is 1. The Morgan fingerprint density at radius 1 is 1.26 bits per heavy atom. The second kappa shape index (κ2) is 4.24. The highest BCUT2D eigenvalue weighted by molar-refractivity contribution is 5.88. The van der Waals surface area contributed by atoms with E-state index in [0.29, 0.717) is 12.1 Å². The molecule has 0 amide bonds. The van der Waals surface area contributed by atoms with Crippen molar-refractivity contribution in [3.63, 3.8) is 0 Å². The Morgan fingerprint density at radius 3 is 2.79 bits per heavy atom. The van der Waals surface area contributed by atoms with Crippen molar-refractivity contribution in [2.45, 2.75) is 6.54 Å². The van der Waals surface area contributed by atoms with Crippen LogP contribution >= 0.6 is 0 Å². The molecule has 0 unspecified atom stereocenters. The van der Waals surface area contributed by atoms with E-state index in [4.69, 9.17) is 0 Å². The molecule has 2 aromatic heterocycles. The highest BCUT2D eigenvalue weighted by atomic mass is 16.6. The van der Waals surface area contributed by atoms with Gasteiger partial charge in [0.05, 0.1) is 17.2 Å². The van der Waals surface area contributed by atoms with Crippen molar-refractivity contribution in [1.82, 2.24) is 14.3 Å². The van der Waals surface area contributed by atoms with Gasteiger partial charge in [0.15, 0.2) is 0 Å². The topological polar surface area (TPSA) is 65.9 Å². The molecular weight excluding hydrogens is 244 g/mol. The van der Waals surface area contributed by atoms with Crippen molar-refractivity contribution in [1.29, 1.82) is 0 Å². The summed E-state index contributed by atoms with van der Waals surface area (Å²) in [6, 6.07) is 8.88. The lowest BCUT2D eigenvalue weighted by Gasteiger charge is -2.03. The Balaban J connectivity index is 2.11. The molecule has 0 radical (unpaired) electrons. The predicted molar refractivity (Wildman–Crippen MR) is 70.9 cm³/mol. The second-order valence-corrected chi connectivity index (χ2v) is 4.40. The van der Waals surface area contributed by atoms with E-state index in [0.717, 1.165) is 11.1 Å². The highest BCUT2D eigenvalue weighted by Crippen LogP contribution is 2.26. The number of non-ortho nitro benzene ring substituents is 1. The maximum Gasteiger partial charge on any atom is 0.293 e. The van der Waals surface area contributed by atoms with Gasteiger partial charge in [-0.05, 0) is 12.1 Å². The van der Waals surface area contributed by atoms with Crippen LogP contribution in [0.25, 0.3) is 10.9 Å². The molecule has 0 saturated heterocycles. The SMILES string of the molecule is Cn1ccc(Cn2ccc3cccc([N+](=O)[O-])c32)n1. The molecule has 1 aromatic carbocycles. The number of fused-ring (bicyclic) bond motifs is 1. The van der Waals surface area contributed by atoms with Crippen LogP contribution in [0.4, 0.5) is 5.69 Å². The third-order valence-corrected chi connectivity index (χ3v) is 3.07. The first-order chi connectivity index (χ1) is 9.15. The summed E-state index contributed by atoms with van der Waals surface area (Å²) in [6.07, 6.45) is 3.71. The summed E-state index contributed by atoms with van der Waals surface area (Å²) in [4.78, 5) is 10.7. The van der Waals surface area contributed by atoms with Gasteiger partial charge in [0, 0.05) is 30.9 Å². The van der Waals surface area contributed by atoms with Crippen molar-refractivity contribution in [2.24, 2.45) is 7.05 Å². The summed E-state index contributed by atoms with van der Waals surface area (Å²) in [6.45, 7) is 0.523. The molecular formula is C13H12N4O2. The normalized spacial score (nSPS) is 11.0. The van der Waals surface area contributed by atoms with Crippen LogP contribution in [0.2, 0.25) is 0 Å². The van der Waals surface area contributed by atoms with Gasteiger partial charge < -0.3 is 4.57 Å². The fourth-order valence-electron chi connectivity index (χ4n) is 2.24. The molecule has 0 saturated carbocycles. The molecule has 0 aliphatic rings. The third-order valence-electron chi connectivity index (χ3n) is 3.07. The minimum Gasteiger partial charge on any atom is -0.336 e. The fraction of sp³-hybridized carbons (Fsp3) is 0.154. The van der Waals surface area contributed by atoms with Crippen LogP contribution in [0.15, 0.2) is 42.7 Å². The van der Waals surface area contributed by atoms with Crippen LogP contribution in [0, 0.1) is 10.1 Å². The molecule has 3 aromatic rings. The van der Waals surface area contributed by atoms with Gasteiger partial charge >= 0.3 is 0 Å². The number of rotatable bonds is 3. The van der Waals surface area contributed by atoms with Crippen molar-refractivity contribution >= 4 is 16.6 Å². The number of para-hydroxylation sites is 1. The van der Waals surface area contributed by atoms with E-state index in [1.54, 1.807) is 10.7 Å². The van der Waals surface area contributed by atoms with Crippen molar-refractivity contribution in [2.75, 3.05) is 0 Å². The molecule has 19 heavy (non-hydrogen) atoms. The first kappa shape index (κ1) is 11.5. The smallest absolute Gasteiger partial charge is 0.293 e. The lowest BCUT2D eigenvalue weighted by Crippen LogP contribution is -2.01. The Labute approximate surface area is 109 Å². The van der Waals surface area contributed by atoms with E-state index in [2.05, 4.69) is 5.10 Å². The Hall–Kier alpha value is -2.63. The second-order valence-electron chi connectivity index (χ2n) is 4.40. The summed E-state index contributed by atoms with van der Waals surface area (Å²) in [7, 11) is 1.85. The molecule has 6 heteroatoms. The molecule has 6 nitrogen and oxygen atoms in total. The van der Waals surface area contributed by atoms with E-state index >= 15 is 0 Å². The van der Waals surface area contributed by atoms with Crippen LogP contribution in [0.3, 0.4) is 0 Å². The number of hydrogen-bond acceptors (Lipinski definition) is 3. The van der Waals surface area contributed by atoms with Gasteiger partial charge in [-0.3, -0.25) is 14.8 Å². The quantitative estimate of drug-likeness (QED) is 0.533. The maximum atomic E-state index is 11.1. The van der Waals surface area contributed by atoms with Gasteiger partial charge in [-0.25, -0.2) is 0 Å². The summed E-state index contributed by atoms with van der Waals surface area (Å²) < 4.78 is 3.57. The minimum absolute atomic E-state index is 0.124. The monoisotopic (exact) mass is 256 g/mol. The van der Waals surface area contributed by atoms with Crippen LogP contribution in [0.1, 0.15) is 5.69 Å². The molecule has 0 aliphatic carbocycles. The van der Waals surface area contributed by atoms with Gasteiger partial charge in [0.25, 0.3) is 5.69 Å². The molecule has 0 spiro atoms. The van der Waals surface area contributed by atoms with Gasteiger partial charge in [-0.1, -0.05) is 12.1 Å². The number of hydrogen-bond donors (Lipinski definition) is 0. The van der Waals surface area contributed by atoms with Gasteiger partial charge in [0.2, 0.25) is 0 Å². The average molecular weight is 256 g/mol. The van der Waals surface area contributed by atoms with Crippen LogP contribution in [-0.4, -0.2) is 19.3 Å². The van der Waals surface area contributed by atoms with Crippen molar-refractivity contribution < 1.29 is 4.92 Å². The lowest BCUT2D eigenvalue weighted by atomic mass is 10.2. The van der Waals surface area contributed by atoms with Crippen molar-refractivity contribution in [3.8, 4) is 0 Å². The number of nitrogens with zero attached hydrogens (tertiary/aromatic N) is 4. The lowest BCUT2D eigenvalue weighted by molar-refractivity contribution is -0.383. The zero-order valence-corrected chi connectivity index (χ0v) is 10.4. The third kappa shape index (κ3) is 1.97. The van der Waals surface area contributed by atoms with E-state index in [-0.39, 0.29) is 10.6 Å². The minimum atomic E-state index is -0.350. The highest BCUT2D eigenvalue weighted by Gasteiger charge is 2.15. The number of aryl methyl sites for hydroxylation is 1. The molecule has 0 fully saturated rings. The summed E-state index contributed by atoms with van der Waals surface area (Å²) in [5, 5.41) is 16.3. The van der Waals surface area contributed by atoms with Crippen LogP contribution in [-0.2, 0) is 13.6 Å². The van der Waals surface area contributed by atoms with Gasteiger partial charge in [0.1, 0.15) is 5.52 Å². The Morgan fingerprint density at radius 2 is 2.11 bits per heavy atom. The first-order valence-corrected chi connectivity index (χ1v) is 5.86. The predicted octanol–water partition coefficient (Wildman–Crippen LogP) is 2.33. The van der Waals surface area contributed by atoms with Gasteiger partial charge in [-0.15, -0.1) is 0 Å². The summed E-state index contributed by atoms with van der Waals surface area (Å²) in [5.41, 5.74) is 1.63. The molecule has 0 bridgehead atoms. The standard InChI is InChI=1S/C13H12N4O2/c1-15-7-6-11(14-15)9-16-8-5-10-3-2-4-12(13(10)16)17(18)19/h2-8H,9H2,1H3. The Kier molecular flexibility index (Phi) is 2.56. The van der Waals surface area contributed by atoms with Crippen molar-refractivity contribution in [3.05, 3.63) is 58.5 Å². The maximum absolute atomic E-state index is 11.1. The summed E-state index contributed by atoms with van der Waals surface area (Å²) in [5.74, 6) is 0. The number of aromatic nitrogens is 3. The van der Waals surface area contributed by atoms with Gasteiger partial charge in [-0.2, -0.15) is 5.10 Å². The first-order valence-electron chi connectivity index (χ1n) is 5.86. The van der Waals surface area contributed by atoms with E-state index in [9.17, 15) is 10.1 Å². The molecule has 96 valence electrons. The zero-order valence-electron chi connectivity index (χ0n) is 10.4. The average Bonchev–Trinajstić information content (AvgIpc) is 2.97. The van der Waals surface area contributed by atoms with E-state index in [1.165, 1.54) is 6.07 Å². The zero-order chi connectivity index (χ0) is 13.4. The molecule has 0 atom stereocenters. The van der Waals surface area contributed by atoms with Crippen LogP contribution in [0.5, 0.6) is 0 Å². The molecule has 0 aliphatic heterocycles. The fourth-order valence-corrected chi connectivity index (χ4v) is 2.24.